The van der Waals surface area contributed by atoms with E-state index in [0.717, 1.165) is 23.3 Å². The van der Waals surface area contributed by atoms with E-state index in [1.165, 1.54) is 0 Å². The van der Waals surface area contributed by atoms with Crippen molar-refractivity contribution >= 4 is 23.6 Å². The van der Waals surface area contributed by atoms with Crippen LogP contribution in [0.25, 0.3) is 6.08 Å². The second-order valence-electron chi connectivity index (χ2n) is 4.03. The molecule has 1 aromatic rings. The molecular formula is C14H17ClO3. The lowest BCUT2D eigenvalue weighted by Crippen LogP contribution is -1.93. The van der Waals surface area contributed by atoms with Gasteiger partial charge in [-0.15, -0.1) is 0 Å². The summed E-state index contributed by atoms with van der Waals surface area (Å²) in [4.78, 5) is 10.4. The summed E-state index contributed by atoms with van der Waals surface area (Å²) in [5.74, 6) is 0.0356. The van der Waals surface area contributed by atoms with Crippen LogP contribution < -0.4 is 4.74 Å². The number of benzene rings is 1. The monoisotopic (exact) mass is 268 g/mol. The molecule has 0 unspecified atom stereocenters. The average molecular weight is 269 g/mol. The fraction of sp³-hybridized carbons (Fsp3) is 0.357. The number of aryl methyl sites for hydroxylation is 1. The zero-order valence-electron chi connectivity index (χ0n) is 10.6. The van der Waals surface area contributed by atoms with Gasteiger partial charge in [-0.25, -0.2) is 0 Å². The highest BCUT2D eigenvalue weighted by Crippen LogP contribution is 2.28. The molecule has 0 aliphatic carbocycles. The van der Waals surface area contributed by atoms with Crippen LogP contribution in [0.1, 0.15) is 30.4 Å². The Morgan fingerprint density at radius 2 is 2.22 bits per heavy atom. The Kier molecular flexibility index (Phi) is 5.72. The molecule has 0 aromatic heterocycles. The van der Waals surface area contributed by atoms with Gasteiger partial charge in [-0.05, 0) is 37.5 Å². The standard InChI is InChI=1S/C14H17ClO3/c1-10-8-12(15)9-11(14(10)18-2)6-4-3-5-7-13(16)17/h4,6,8-9H,3,5,7H2,1-2H3,(H,16,17)/b6-4+. The van der Waals surface area contributed by atoms with Gasteiger partial charge in [0.2, 0.25) is 0 Å². The Morgan fingerprint density at radius 3 is 2.83 bits per heavy atom. The van der Waals surface area contributed by atoms with E-state index in [-0.39, 0.29) is 6.42 Å². The van der Waals surface area contributed by atoms with Crippen molar-refractivity contribution < 1.29 is 14.6 Å². The predicted molar refractivity (Wildman–Crippen MR) is 73.3 cm³/mol. The highest BCUT2D eigenvalue weighted by molar-refractivity contribution is 6.30. The van der Waals surface area contributed by atoms with Gasteiger partial charge < -0.3 is 9.84 Å². The second kappa shape index (κ2) is 7.07. The van der Waals surface area contributed by atoms with Crippen LogP contribution in [0.5, 0.6) is 5.75 Å². The number of unbranched alkanes of at least 4 members (excludes halogenated alkanes) is 1. The molecule has 3 nitrogen and oxygen atoms in total. The van der Waals surface area contributed by atoms with Crippen LogP contribution in [-0.4, -0.2) is 18.2 Å². The van der Waals surface area contributed by atoms with Crippen LogP contribution in [0.4, 0.5) is 0 Å². The van der Waals surface area contributed by atoms with Gasteiger partial charge in [-0.2, -0.15) is 0 Å². The van der Waals surface area contributed by atoms with Crippen molar-refractivity contribution in [2.45, 2.75) is 26.2 Å². The smallest absolute Gasteiger partial charge is 0.303 e. The van der Waals surface area contributed by atoms with Gasteiger partial charge in [0, 0.05) is 17.0 Å². The zero-order valence-corrected chi connectivity index (χ0v) is 11.3. The van der Waals surface area contributed by atoms with Crippen LogP contribution >= 0.6 is 11.6 Å². The van der Waals surface area contributed by atoms with Gasteiger partial charge >= 0.3 is 5.97 Å². The highest BCUT2D eigenvalue weighted by Gasteiger charge is 2.05. The van der Waals surface area contributed by atoms with E-state index in [1.807, 2.05) is 31.2 Å². The Morgan fingerprint density at radius 1 is 1.50 bits per heavy atom. The third kappa shape index (κ3) is 4.41. The van der Waals surface area contributed by atoms with Crippen LogP contribution in [0.2, 0.25) is 5.02 Å². The summed E-state index contributed by atoms with van der Waals surface area (Å²) in [6, 6.07) is 3.68. The molecule has 0 spiro atoms. The summed E-state index contributed by atoms with van der Waals surface area (Å²) in [5.41, 5.74) is 1.90. The Labute approximate surface area is 112 Å². The van der Waals surface area contributed by atoms with Crippen LogP contribution in [0.3, 0.4) is 0 Å². The SMILES string of the molecule is COc1c(C)cc(Cl)cc1/C=C/CCCC(=O)O. The zero-order chi connectivity index (χ0) is 13.5. The molecule has 0 fully saturated rings. The Balaban J connectivity index is 2.71. The summed E-state index contributed by atoms with van der Waals surface area (Å²) in [5, 5.41) is 9.19. The number of ether oxygens (including phenoxy) is 1. The van der Waals surface area contributed by atoms with Gasteiger partial charge in [0.25, 0.3) is 0 Å². The van der Waals surface area contributed by atoms with Crippen LogP contribution in [-0.2, 0) is 4.79 Å². The number of aliphatic carboxylic acids is 1. The van der Waals surface area contributed by atoms with E-state index < -0.39 is 5.97 Å². The highest BCUT2D eigenvalue weighted by atomic mass is 35.5. The van der Waals surface area contributed by atoms with Crippen molar-refractivity contribution in [1.82, 2.24) is 0 Å². The first-order chi connectivity index (χ1) is 8.54. The molecular weight excluding hydrogens is 252 g/mol. The lowest BCUT2D eigenvalue weighted by Gasteiger charge is -2.09. The quantitative estimate of drug-likeness (QED) is 0.795. The van der Waals surface area contributed by atoms with Crippen molar-refractivity contribution in [3.63, 3.8) is 0 Å². The first kappa shape index (κ1) is 14.6. The summed E-state index contributed by atoms with van der Waals surface area (Å²) in [6.45, 7) is 1.94. The predicted octanol–water partition coefficient (Wildman–Crippen LogP) is 3.93. The molecule has 0 aliphatic heterocycles. The fourth-order valence-electron chi connectivity index (χ4n) is 1.74. The second-order valence-corrected chi connectivity index (χ2v) is 4.47. The number of halogens is 1. The van der Waals surface area contributed by atoms with E-state index in [1.54, 1.807) is 7.11 Å². The Hall–Kier alpha value is -1.48. The van der Waals surface area contributed by atoms with Gasteiger partial charge in [0.1, 0.15) is 5.75 Å². The molecule has 18 heavy (non-hydrogen) atoms. The largest absolute Gasteiger partial charge is 0.496 e. The maximum atomic E-state index is 10.4. The van der Waals surface area contributed by atoms with Crippen molar-refractivity contribution in [3.8, 4) is 5.75 Å². The molecule has 0 radical (unpaired) electrons. The first-order valence-corrected chi connectivity index (χ1v) is 6.15. The number of methoxy groups -OCH3 is 1. The van der Waals surface area contributed by atoms with E-state index in [0.29, 0.717) is 11.4 Å². The summed E-state index contributed by atoms with van der Waals surface area (Å²) in [7, 11) is 1.62. The van der Waals surface area contributed by atoms with E-state index >= 15 is 0 Å². The van der Waals surface area contributed by atoms with Crippen molar-refractivity contribution in [2.75, 3.05) is 7.11 Å². The first-order valence-electron chi connectivity index (χ1n) is 5.77. The number of hydrogen-bond donors (Lipinski definition) is 1. The minimum atomic E-state index is -0.764. The minimum Gasteiger partial charge on any atom is -0.496 e. The van der Waals surface area contributed by atoms with E-state index in [4.69, 9.17) is 21.4 Å². The van der Waals surface area contributed by atoms with Crippen LogP contribution in [0.15, 0.2) is 18.2 Å². The molecule has 0 amide bonds. The molecule has 0 bridgehead atoms. The van der Waals surface area contributed by atoms with Gasteiger partial charge in [-0.1, -0.05) is 23.8 Å². The Bertz CT molecular complexity index is 453. The molecule has 0 saturated heterocycles. The molecule has 98 valence electrons. The molecule has 0 saturated carbocycles. The van der Waals surface area contributed by atoms with E-state index in [9.17, 15) is 4.79 Å². The number of carbonyl (C=O) groups is 1. The number of carboxylic acid groups (broad SMARTS) is 1. The maximum absolute atomic E-state index is 10.4. The third-order valence-electron chi connectivity index (χ3n) is 2.53. The molecule has 0 atom stereocenters. The third-order valence-corrected chi connectivity index (χ3v) is 2.75. The summed E-state index contributed by atoms with van der Waals surface area (Å²) in [6.07, 6.45) is 5.40. The number of rotatable bonds is 6. The molecule has 0 heterocycles. The molecule has 1 rings (SSSR count). The number of hydrogen-bond acceptors (Lipinski definition) is 2. The maximum Gasteiger partial charge on any atom is 0.303 e. The number of allylic oxidation sites excluding steroid dienone is 1. The average Bonchev–Trinajstić information content (AvgIpc) is 2.27. The van der Waals surface area contributed by atoms with Crippen molar-refractivity contribution in [3.05, 3.63) is 34.4 Å². The molecule has 1 N–H and O–H groups in total. The van der Waals surface area contributed by atoms with E-state index in [2.05, 4.69) is 0 Å². The van der Waals surface area contributed by atoms with Gasteiger partial charge in [0.05, 0.1) is 7.11 Å². The normalized spacial score (nSPS) is 10.8. The number of carboxylic acids is 1. The minimum absolute atomic E-state index is 0.191. The van der Waals surface area contributed by atoms with Gasteiger partial charge in [0.15, 0.2) is 0 Å². The van der Waals surface area contributed by atoms with Crippen molar-refractivity contribution in [2.24, 2.45) is 0 Å². The molecule has 1 aromatic carbocycles. The lowest BCUT2D eigenvalue weighted by molar-refractivity contribution is -0.137. The summed E-state index contributed by atoms with van der Waals surface area (Å²) < 4.78 is 5.32. The molecule has 0 aliphatic rings. The fourth-order valence-corrected chi connectivity index (χ4v) is 2.02. The van der Waals surface area contributed by atoms with Crippen molar-refractivity contribution in [1.29, 1.82) is 0 Å². The topological polar surface area (TPSA) is 46.5 Å². The van der Waals surface area contributed by atoms with Gasteiger partial charge in [-0.3, -0.25) is 4.79 Å². The summed E-state index contributed by atoms with van der Waals surface area (Å²) >= 11 is 5.99. The van der Waals surface area contributed by atoms with Crippen LogP contribution in [0, 0.1) is 6.92 Å². The lowest BCUT2D eigenvalue weighted by atomic mass is 10.1. The molecule has 4 heteroatoms.